The first-order chi connectivity index (χ1) is 11.1. The molecular formula is C15H21ClFIN6. The highest BCUT2D eigenvalue weighted by atomic mass is 127. The van der Waals surface area contributed by atoms with Crippen molar-refractivity contribution in [1.29, 1.82) is 0 Å². The number of aliphatic imine (C=N–C) groups is 1. The van der Waals surface area contributed by atoms with Gasteiger partial charge in [0.2, 0.25) is 0 Å². The van der Waals surface area contributed by atoms with Crippen molar-refractivity contribution >= 4 is 41.5 Å². The van der Waals surface area contributed by atoms with Crippen LogP contribution in [0.1, 0.15) is 18.3 Å². The first-order valence-electron chi connectivity index (χ1n) is 7.39. The van der Waals surface area contributed by atoms with Crippen LogP contribution in [0.15, 0.2) is 29.5 Å². The van der Waals surface area contributed by atoms with Gasteiger partial charge >= 0.3 is 0 Å². The van der Waals surface area contributed by atoms with E-state index in [1.807, 2.05) is 11.5 Å². The van der Waals surface area contributed by atoms with E-state index in [1.54, 1.807) is 25.5 Å². The Labute approximate surface area is 162 Å². The lowest BCUT2D eigenvalue weighted by atomic mass is 10.2. The Hall–Kier alpha value is -1.42. The van der Waals surface area contributed by atoms with Crippen molar-refractivity contribution in [3.8, 4) is 0 Å². The van der Waals surface area contributed by atoms with Crippen LogP contribution in [0.25, 0.3) is 0 Å². The lowest BCUT2D eigenvalue weighted by molar-refractivity contribution is 0.626. The number of benzene rings is 1. The number of nitrogens with one attached hydrogen (secondary N) is 2. The largest absolute Gasteiger partial charge is 0.355 e. The Morgan fingerprint density at radius 3 is 2.83 bits per heavy atom. The molecule has 1 aromatic heterocycles. The van der Waals surface area contributed by atoms with Crippen LogP contribution in [0, 0.1) is 5.82 Å². The molecule has 0 unspecified atom stereocenters. The molecule has 0 fully saturated rings. The van der Waals surface area contributed by atoms with Crippen molar-refractivity contribution in [3.63, 3.8) is 0 Å². The third kappa shape index (κ3) is 5.90. The van der Waals surface area contributed by atoms with Gasteiger partial charge < -0.3 is 15.2 Å². The number of rotatable bonds is 6. The van der Waals surface area contributed by atoms with Crippen molar-refractivity contribution < 1.29 is 4.39 Å². The summed E-state index contributed by atoms with van der Waals surface area (Å²) in [5, 5.41) is 14.4. The zero-order chi connectivity index (χ0) is 16.7. The molecule has 0 amide bonds. The van der Waals surface area contributed by atoms with E-state index in [0.29, 0.717) is 19.0 Å². The molecular weight excluding hydrogens is 446 g/mol. The highest BCUT2D eigenvalue weighted by Crippen LogP contribution is 2.15. The van der Waals surface area contributed by atoms with Crippen molar-refractivity contribution in [2.24, 2.45) is 4.99 Å². The number of hydrogen-bond acceptors (Lipinski definition) is 3. The quantitative estimate of drug-likeness (QED) is 0.390. The normalized spacial score (nSPS) is 11.1. The number of halogens is 3. The molecule has 0 saturated carbocycles. The molecule has 1 heterocycles. The van der Waals surface area contributed by atoms with Crippen LogP contribution in [0.3, 0.4) is 0 Å². The highest BCUT2D eigenvalue weighted by molar-refractivity contribution is 14.0. The van der Waals surface area contributed by atoms with E-state index >= 15 is 0 Å². The summed E-state index contributed by atoms with van der Waals surface area (Å²) in [4.78, 5) is 4.15. The molecule has 0 spiro atoms. The monoisotopic (exact) mass is 466 g/mol. The summed E-state index contributed by atoms with van der Waals surface area (Å²) in [6, 6.07) is 4.64. The van der Waals surface area contributed by atoms with Crippen LogP contribution < -0.4 is 10.6 Å². The first kappa shape index (κ1) is 20.6. The minimum absolute atomic E-state index is 0. The lowest BCUT2D eigenvalue weighted by Crippen LogP contribution is -2.38. The topological polar surface area (TPSA) is 67.1 Å². The maximum atomic E-state index is 13.1. The smallest absolute Gasteiger partial charge is 0.191 e. The Kier molecular flexibility index (Phi) is 8.98. The molecule has 24 heavy (non-hydrogen) atoms. The van der Waals surface area contributed by atoms with Gasteiger partial charge in [-0.15, -0.1) is 34.2 Å². The number of hydrogen-bond donors (Lipinski definition) is 2. The molecule has 0 aliphatic carbocycles. The predicted molar refractivity (Wildman–Crippen MR) is 104 cm³/mol. The summed E-state index contributed by atoms with van der Waals surface area (Å²) in [6.07, 6.45) is 2.56. The van der Waals surface area contributed by atoms with Gasteiger partial charge in [0.25, 0.3) is 0 Å². The predicted octanol–water partition coefficient (Wildman–Crippen LogP) is 2.62. The maximum absolute atomic E-state index is 13.1. The van der Waals surface area contributed by atoms with Crippen LogP contribution in [-0.4, -0.2) is 34.3 Å². The van der Waals surface area contributed by atoms with Crippen LogP contribution in [0.2, 0.25) is 5.02 Å². The second-order valence-corrected chi connectivity index (χ2v) is 5.30. The van der Waals surface area contributed by atoms with Crippen molar-refractivity contribution in [3.05, 3.63) is 46.8 Å². The summed E-state index contributed by atoms with van der Waals surface area (Å²) >= 11 is 5.77. The van der Waals surface area contributed by atoms with E-state index in [4.69, 9.17) is 11.6 Å². The first-order valence-corrected chi connectivity index (χ1v) is 7.77. The van der Waals surface area contributed by atoms with Gasteiger partial charge in [0.1, 0.15) is 18.0 Å². The van der Waals surface area contributed by atoms with Gasteiger partial charge in [-0.3, -0.25) is 4.99 Å². The standard InChI is InChI=1S/C15H20ClFN6.HI/c1-3-14-22-21-10-23(14)7-6-19-15(18-2)20-9-11-4-5-13(17)12(16)8-11;/h4-5,8,10H,3,6-7,9H2,1-2H3,(H2,18,19,20);1H. The fourth-order valence-corrected chi connectivity index (χ4v) is 2.29. The summed E-state index contributed by atoms with van der Waals surface area (Å²) in [5.74, 6) is 1.20. The van der Waals surface area contributed by atoms with Crippen LogP contribution in [0.5, 0.6) is 0 Å². The van der Waals surface area contributed by atoms with Crippen molar-refractivity contribution in [1.82, 2.24) is 25.4 Å². The van der Waals surface area contributed by atoms with Gasteiger partial charge in [-0.2, -0.15) is 0 Å². The van der Waals surface area contributed by atoms with Crippen molar-refractivity contribution in [2.45, 2.75) is 26.4 Å². The lowest BCUT2D eigenvalue weighted by Gasteiger charge is -2.13. The number of aromatic nitrogens is 3. The molecule has 9 heteroatoms. The van der Waals surface area contributed by atoms with Crippen LogP contribution in [-0.2, 0) is 19.5 Å². The van der Waals surface area contributed by atoms with Gasteiger partial charge in [0.15, 0.2) is 5.96 Å². The molecule has 0 saturated heterocycles. The Morgan fingerprint density at radius 2 is 2.17 bits per heavy atom. The van der Waals surface area contributed by atoms with E-state index in [1.165, 1.54) is 6.07 Å². The molecule has 0 atom stereocenters. The summed E-state index contributed by atoms with van der Waals surface area (Å²) < 4.78 is 15.1. The minimum Gasteiger partial charge on any atom is -0.355 e. The molecule has 2 rings (SSSR count). The van der Waals surface area contributed by atoms with Crippen molar-refractivity contribution in [2.75, 3.05) is 13.6 Å². The third-order valence-electron chi connectivity index (χ3n) is 3.32. The van der Waals surface area contributed by atoms with Gasteiger partial charge in [0.05, 0.1) is 5.02 Å². The molecule has 0 bridgehead atoms. The molecule has 0 aliphatic rings. The average Bonchev–Trinajstić information content (AvgIpc) is 3.01. The summed E-state index contributed by atoms with van der Waals surface area (Å²) in [7, 11) is 1.70. The maximum Gasteiger partial charge on any atom is 0.191 e. The van der Waals surface area contributed by atoms with Gasteiger partial charge in [-0.25, -0.2) is 4.39 Å². The van der Waals surface area contributed by atoms with E-state index in [-0.39, 0.29) is 29.0 Å². The molecule has 2 N–H and O–H groups in total. The SMILES string of the molecule is CCc1nncn1CCNC(=NC)NCc1ccc(F)c(Cl)c1.I. The second-order valence-electron chi connectivity index (χ2n) is 4.90. The molecule has 0 radical (unpaired) electrons. The third-order valence-corrected chi connectivity index (χ3v) is 3.61. The highest BCUT2D eigenvalue weighted by Gasteiger charge is 2.04. The molecule has 2 aromatic rings. The molecule has 1 aromatic carbocycles. The van der Waals surface area contributed by atoms with Gasteiger partial charge in [-0.1, -0.05) is 24.6 Å². The number of nitrogens with zero attached hydrogens (tertiary/aromatic N) is 4. The number of aryl methyl sites for hydroxylation is 1. The van der Waals surface area contributed by atoms with E-state index in [0.717, 1.165) is 24.4 Å². The fourth-order valence-electron chi connectivity index (χ4n) is 2.09. The number of guanidine groups is 1. The van der Waals surface area contributed by atoms with Gasteiger partial charge in [-0.05, 0) is 17.7 Å². The fraction of sp³-hybridized carbons (Fsp3) is 0.400. The van der Waals surface area contributed by atoms with E-state index in [9.17, 15) is 4.39 Å². The molecule has 6 nitrogen and oxygen atoms in total. The average molecular weight is 467 g/mol. The Balaban J connectivity index is 0.00000288. The van der Waals surface area contributed by atoms with Crippen LogP contribution in [0.4, 0.5) is 4.39 Å². The Morgan fingerprint density at radius 1 is 1.38 bits per heavy atom. The zero-order valence-corrected chi connectivity index (χ0v) is 16.7. The second kappa shape index (κ2) is 10.4. The van der Waals surface area contributed by atoms with E-state index < -0.39 is 5.82 Å². The molecule has 132 valence electrons. The van der Waals surface area contributed by atoms with E-state index in [2.05, 4.69) is 25.8 Å². The van der Waals surface area contributed by atoms with Gasteiger partial charge in [0, 0.05) is 33.1 Å². The molecule has 0 aliphatic heterocycles. The minimum atomic E-state index is -0.418. The zero-order valence-electron chi connectivity index (χ0n) is 13.6. The summed E-state index contributed by atoms with van der Waals surface area (Å²) in [6.45, 7) is 3.99. The summed E-state index contributed by atoms with van der Waals surface area (Å²) in [5.41, 5.74) is 0.881. The Bertz CT molecular complexity index is 676. The van der Waals surface area contributed by atoms with Crippen LogP contribution >= 0.6 is 35.6 Å².